The zero-order valence-electron chi connectivity index (χ0n) is 14.2. The van der Waals surface area contributed by atoms with Gasteiger partial charge < -0.3 is 10.2 Å². The molecule has 0 radical (unpaired) electrons. The molecule has 1 aromatic carbocycles. The van der Waals surface area contributed by atoms with Crippen molar-refractivity contribution in [2.24, 2.45) is 0 Å². The monoisotopic (exact) mass is 388 g/mol. The molecule has 2 aromatic heterocycles. The molecule has 26 heavy (non-hydrogen) atoms. The van der Waals surface area contributed by atoms with Gasteiger partial charge >= 0.3 is 0 Å². The molecule has 0 aliphatic heterocycles. The maximum Gasteiger partial charge on any atom is 0.267 e. The first-order valence-electron chi connectivity index (χ1n) is 8.73. The zero-order valence-corrected chi connectivity index (χ0v) is 15.9. The second kappa shape index (κ2) is 7.52. The summed E-state index contributed by atoms with van der Waals surface area (Å²) < 4.78 is 1.64. The summed E-state index contributed by atoms with van der Waals surface area (Å²) in [5, 5.41) is 20.1. The van der Waals surface area contributed by atoms with Crippen molar-refractivity contribution in [1.82, 2.24) is 9.55 Å². The second-order valence-corrected chi connectivity index (χ2v) is 8.48. The smallest absolute Gasteiger partial charge is 0.267 e. The minimum absolute atomic E-state index is 0.0402. The van der Waals surface area contributed by atoms with E-state index in [0.29, 0.717) is 5.16 Å². The highest BCUT2D eigenvalue weighted by molar-refractivity contribution is 7.99. The van der Waals surface area contributed by atoms with Gasteiger partial charge in [-0.2, -0.15) is 0 Å². The first-order valence-corrected chi connectivity index (χ1v) is 10.5. The van der Waals surface area contributed by atoms with Crippen LogP contribution in [0, 0.1) is 0 Å². The van der Waals surface area contributed by atoms with Crippen molar-refractivity contribution >= 4 is 33.3 Å². The fraction of sp³-hybridized carbons (Fsp3) is 0.368. The van der Waals surface area contributed by atoms with Gasteiger partial charge in [0.25, 0.3) is 5.56 Å². The van der Waals surface area contributed by atoms with Crippen molar-refractivity contribution in [3.05, 3.63) is 51.1 Å². The van der Waals surface area contributed by atoms with Crippen LogP contribution in [0.5, 0.6) is 0 Å². The van der Waals surface area contributed by atoms with Crippen LogP contribution in [0.25, 0.3) is 15.9 Å². The predicted octanol–water partition coefficient (Wildman–Crippen LogP) is 2.77. The average molecular weight is 389 g/mol. The highest BCUT2D eigenvalue weighted by Gasteiger charge is 2.23. The molecular weight excluding hydrogens is 368 g/mol. The standard InChI is InChI=1S/C19H20N2O3S2/c22-10-13(23)11-25-19-20-17-16(14-8-4-5-9-15(14)26-17)18(24)21(19)12-6-2-1-3-7-12/h1-3,6-7,13,22-23H,4-5,8-11H2. The number of thioether (sulfide) groups is 1. The molecule has 7 heteroatoms. The Hall–Kier alpha value is -1.67. The molecule has 0 amide bonds. The Morgan fingerprint density at radius 2 is 2.00 bits per heavy atom. The number of aliphatic hydroxyl groups excluding tert-OH is 2. The van der Waals surface area contributed by atoms with E-state index in [0.717, 1.165) is 41.6 Å². The van der Waals surface area contributed by atoms with E-state index >= 15 is 0 Å². The van der Waals surface area contributed by atoms with E-state index in [2.05, 4.69) is 0 Å². The predicted molar refractivity (Wildman–Crippen MR) is 106 cm³/mol. The summed E-state index contributed by atoms with van der Waals surface area (Å²) in [6, 6.07) is 9.48. The molecule has 1 aliphatic carbocycles. The Labute approximate surface area is 159 Å². The van der Waals surface area contributed by atoms with Gasteiger partial charge in [0.15, 0.2) is 5.16 Å². The number of aliphatic hydroxyl groups is 2. The number of fused-ring (bicyclic) bond motifs is 3. The lowest BCUT2D eigenvalue weighted by molar-refractivity contribution is 0.113. The van der Waals surface area contributed by atoms with Crippen molar-refractivity contribution in [3.63, 3.8) is 0 Å². The number of aryl methyl sites for hydroxylation is 2. The van der Waals surface area contributed by atoms with Crippen LogP contribution < -0.4 is 5.56 Å². The SMILES string of the molecule is O=c1c2c3c(sc2nc(SCC(O)CO)n1-c1ccccc1)CCCC3. The van der Waals surface area contributed by atoms with Crippen molar-refractivity contribution in [2.75, 3.05) is 12.4 Å². The van der Waals surface area contributed by atoms with Gasteiger partial charge in [-0.25, -0.2) is 4.98 Å². The van der Waals surface area contributed by atoms with Crippen LogP contribution in [-0.2, 0) is 12.8 Å². The van der Waals surface area contributed by atoms with Crippen LogP contribution in [0.3, 0.4) is 0 Å². The lowest BCUT2D eigenvalue weighted by Gasteiger charge is -2.14. The topological polar surface area (TPSA) is 75.3 Å². The Bertz CT molecular complexity index is 982. The van der Waals surface area contributed by atoms with Crippen LogP contribution in [-0.4, -0.2) is 38.2 Å². The third-order valence-corrected chi connectivity index (χ3v) is 6.86. The summed E-state index contributed by atoms with van der Waals surface area (Å²) in [5.74, 6) is 0.284. The summed E-state index contributed by atoms with van der Waals surface area (Å²) in [6.45, 7) is -0.307. The van der Waals surface area contributed by atoms with E-state index < -0.39 is 6.10 Å². The summed E-state index contributed by atoms with van der Waals surface area (Å²) in [7, 11) is 0. The number of benzene rings is 1. The van der Waals surface area contributed by atoms with E-state index in [1.165, 1.54) is 22.2 Å². The van der Waals surface area contributed by atoms with E-state index in [1.807, 2.05) is 30.3 Å². The molecular formula is C19H20N2O3S2. The lowest BCUT2D eigenvalue weighted by atomic mass is 9.97. The molecule has 0 saturated carbocycles. The largest absolute Gasteiger partial charge is 0.394 e. The van der Waals surface area contributed by atoms with Crippen LogP contribution >= 0.6 is 23.1 Å². The Morgan fingerprint density at radius 3 is 2.77 bits per heavy atom. The third-order valence-electron chi connectivity index (χ3n) is 4.59. The second-order valence-electron chi connectivity index (χ2n) is 6.41. The molecule has 136 valence electrons. The molecule has 0 saturated heterocycles. The van der Waals surface area contributed by atoms with E-state index in [1.54, 1.807) is 15.9 Å². The third kappa shape index (κ3) is 3.20. The number of thiophene rings is 1. The van der Waals surface area contributed by atoms with Crippen molar-refractivity contribution < 1.29 is 10.2 Å². The van der Waals surface area contributed by atoms with E-state index in [-0.39, 0.29) is 17.9 Å². The zero-order chi connectivity index (χ0) is 18.1. The van der Waals surface area contributed by atoms with Gasteiger partial charge in [0.2, 0.25) is 0 Å². The Morgan fingerprint density at radius 1 is 1.23 bits per heavy atom. The van der Waals surface area contributed by atoms with Crippen LogP contribution in [0.1, 0.15) is 23.3 Å². The summed E-state index contributed by atoms with van der Waals surface area (Å²) in [5.41, 5.74) is 1.90. The summed E-state index contributed by atoms with van der Waals surface area (Å²) in [4.78, 5) is 20.2. The molecule has 3 aromatic rings. The maximum atomic E-state index is 13.4. The van der Waals surface area contributed by atoms with Crippen molar-refractivity contribution in [1.29, 1.82) is 0 Å². The molecule has 0 bridgehead atoms. The van der Waals surface area contributed by atoms with Gasteiger partial charge in [-0.3, -0.25) is 9.36 Å². The number of para-hydroxylation sites is 1. The number of aromatic nitrogens is 2. The molecule has 1 unspecified atom stereocenters. The van der Waals surface area contributed by atoms with Crippen molar-refractivity contribution in [3.8, 4) is 5.69 Å². The molecule has 4 rings (SSSR count). The van der Waals surface area contributed by atoms with Gasteiger partial charge in [0.05, 0.1) is 23.8 Å². The van der Waals surface area contributed by atoms with Gasteiger partial charge in [-0.1, -0.05) is 30.0 Å². The molecule has 1 aliphatic rings. The van der Waals surface area contributed by atoms with Crippen LogP contribution in [0.2, 0.25) is 0 Å². The molecule has 1 atom stereocenters. The molecule has 0 fully saturated rings. The van der Waals surface area contributed by atoms with Crippen molar-refractivity contribution in [2.45, 2.75) is 36.9 Å². The highest BCUT2D eigenvalue weighted by atomic mass is 32.2. The molecule has 5 nitrogen and oxygen atoms in total. The molecule has 0 spiro atoms. The van der Waals surface area contributed by atoms with Gasteiger partial charge in [-0.05, 0) is 43.4 Å². The highest BCUT2D eigenvalue weighted by Crippen LogP contribution is 2.35. The number of rotatable bonds is 5. The fourth-order valence-electron chi connectivity index (χ4n) is 3.31. The molecule has 2 N–H and O–H groups in total. The Balaban J connectivity index is 1.92. The Kier molecular flexibility index (Phi) is 5.13. The lowest BCUT2D eigenvalue weighted by Crippen LogP contribution is -2.23. The maximum absolute atomic E-state index is 13.4. The number of nitrogens with zero attached hydrogens (tertiary/aromatic N) is 2. The normalized spacial score (nSPS) is 15.2. The minimum atomic E-state index is -0.839. The number of hydrogen-bond acceptors (Lipinski definition) is 6. The average Bonchev–Trinajstić information content (AvgIpc) is 3.05. The van der Waals surface area contributed by atoms with Gasteiger partial charge in [-0.15, -0.1) is 11.3 Å². The first-order chi connectivity index (χ1) is 12.7. The quantitative estimate of drug-likeness (QED) is 0.519. The summed E-state index contributed by atoms with van der Waals surface area (Å²) in [6.07, 6.45) is 3.40. The van der Waals surface area contributed by atoms with Gasteiger partial charge in [0, 0.05) is 10.6 Å². The van der Waals surface area contributed by atoms with Crippen LogP contribution in [0.4, 0.5) is 0 Å². The van der Waals surface area contributed by atoms with Crippen LogP contribution in [0.15, 0.2) is 40.3 Å². The number of hydrogen-bond donors (Lipinski definition) is 2. The molecule has 2 heterocycles. The van der Waals surface area contributed by atoms with E-state index in [4.69, 9.17) is 10.1 Å². The first kappa shape index (κ1) is 17.7. The van der Waals surface area contributed by atoms with E-state index in [9.17, 15) is 9.90 Å². The van der Waals surface area contributed by atoms with Gasteiger partial charge in [0.1, 0.15) is 4.83 Å². The summed E-state index contributed by atoms with van der Waals surface area (Å²) >= 11 is 2.92. The minimum Gasteiger partial charge on any atom is -0.394 e. The fourth-order valence-corrected chi connectivity index (χ4v) is 5.54.